The number of halogens is 2. The Morgan fingerprint density at radius 2 is 1.92 bits per heavy atom. The van der Waals surface area contributed by atoms with E-state index in [0.29, 0.717) is 29.9 Å². The first-order valence-electron chi connectivity index (χ1n) is 7.44. The number of benzene rings is 1. The van der Waals surface area contributed by atoms with Crippen LogP contribution in [0.25, 0.3) is 0 Å². The number of rotatable bonds is 6. The van der Waals surface area contributed by atoms with Crippen LogP contribution < -0.4 is 20.7 Å². The van der Waals surface area contributed by atoms with Crippen molar-refractivity contribution in [2.24, 2.45) is 4.99 Å². The third-order valence-electron chi connectivity index (χ3n) is 2.64. The number of nitrogens with one attached hydrogen (secondary N) is 3. The highest BCUT2D eigenvalue weighted by atomic mass is 127. The minimum absolute atomic E-state index is 0. The Labute approximate surface area is 165 Å². The number of carbonyl (C=O) groups is 1. The molecule has 0 aliphatic heterocycles. The second-order valence-electron chi connectivity index (χ2n) is 5.93. The van der Waals surface area contributed by atoms with E-state index in [1.807, 2.05) is 39.0 Å². The Morgan fingerprint density at radius 1 is 1.25 bits per heavy atom. The maximum absolute atomic E-state index is 11.7. The lowest BCUT2D eigenvalue weighted by Gasteiger charge is -2.21. The molecule has 6 nitrogen and oxygen atoms in total. The molecular weight excluding hydrogens is 443 g/mol. The Bertz CT molecular complexity index is 547. The van der Waals surface area contributed by atoms with Gasteiger partial charge in [0.15, 0.2) is 5.96 Å². The van der Waals surface area contributed by atoms with Gasteiger partial charge in [-0.25, -0.2) is 0 Å². The van der Waals surface area contributed by atoms with E-state index >= 15 is 0 Å². The van der Waals surface area contributed by atoms with Crippen molar-refractivity contribution in [3.05, 3.63) is 29.3 Å². The van der Waals surface area contributed by atoms with Gasteiger partial charge >= 0.3 is 0 Å². The molecule has 0 unspecified atom stereocenters. The molecule has 0 aromatic heterocycles. The number of nitrogens with zero attached hydrogens (tertiary/aromatic N) is 1. The number of carbonyl (C=O) groups excluding carboxylic acids is 1. The molecule has 0 fully saturated rings. The molecule has 8 heteroatoms. The Morgan fingerprint density at radius 3 is 2.50 bits per heavy atom. The number of amides is 1. The molecule has 3 N–H and O–H groups in total. The van der Waals surface area contributed by atoms with Crippen LogP contribution >= 0.6 is 35.6 Å². The van der Waals surface area contributed by atoms with E-state index in [0.717, 1.165) is 0 Å². The molecule has 0 saturated carbocycles. The van der Waals surface area contributed by atoms with Gasteiger partial charge in [-0.3, -0.25) is 9.79 Å². The summed E-state index contributed by atoms with van der Waals surface area (Å²) < 4.78 is 5.57. The van der Waals surface area contributed by atoms with Crippen LogP contribution in [0.5, 0.6) is 5.75 Å². The maximum Gasteiger partial charge on any atom is 0.239 e. The number of hydrogen-bond donors (Lipinski definition) is 3. The zero-order valence-electron chi connectivity index (χ0n) is 14.5. The van der Waals surface area contributed by atoms with Gasteiger partial charge in [-0.2, -0.15) is 0 Å². The fraction of sp³-hybridized carbons (Fsp3) is 0.500. The zero-order valence-corrected chi connectivity index (χ0v) is 17.6. The summed E-state index contributed by atoms with van der Waals surface area (Å²) in [5, 5.41) is 9.46. The third-order valence-corrected chi connectivity index (χ3v) is 2.96. The van der Waals surface area contributed by atoms with Gasteiger partial charge in [0.25, 0.3) is 0 Å². The van der Waals surface area contributed by atoms with Crippen LogP contribution in [0, 0.1) is 0 Å². The van der Waals surface area contributed by atoms with E-state index in [1.165, 1.54) is 0 Å². The van der Waals surface area contributed by atoms with Crippen molar-refractivity contribution in [3.8, 4) is 5.75 Å². The Kier molecular flexibility index (Phi) is 10.8. The van der Waals surface area contributed by atoms with Crippen molar-refractivity contribution in [2.75, 3.05) is 26.7 Å². The van der Waals surface area contributed by atoms with Gasteiger partial charge in [-0.15, -0.1) is 24.0 Å². The molecule has 136 valence electrons. The molecule has 0 spiro atoms. The normalized spacial score (nSPS) is 11.3. The summed E-state index contributed by atoms with van der Waals surface area (Å²) in [7, 11) is 1.64. The van der Waals surface area contributed by atoms with Crippen molar-refractivity contribution in [2.45, 2.75) is 26.3 Å². The molecule has 0 radical (unpaired) electrons. The van der Waals surface area contributed by atoms with Gasteiger partial charge in [-0.05, 0) is 32.9 Å². The van der Waals surface area contributed by atoms with Gasteiger partial charge in [0.1, 0.15) is 12.4 Å². The quantitative estimate of drug-likeness (QED) is 0.259. The van der Waals surface area contributed by atoms with Crippen LogP contribution in [0.2, 0.25) is 5.02 Å². The smallest absolute Gasteiger partial charge is 0.239 e. The average Bonchev–Trinajstić information content (AvgIpc) is 2.46. The molecule has 1 aromatic rings. The highest BCUT2D eigenvalue weighted by Crippen LogP contribution is 2.22. The van der Waals surface area contributed by atoms with E-state index in [1.54, 1.807) is 13.1 Å². The van der Waals surface area contributed by atoms with Crippen LogP contribution in [-0.4, -0.2) is 44.1 Å². The molecule has 0 atom stereocenters. The van der Waals surface area contributed by atoms with Crippen LogP contribution in [0.15, 0.2) is 29.3 Å². The molecule has 0 heterocycles. The number of aliphatic imine (C=N–C) groups is 1. The molecule has 1 amide bonds. The molecule has 0 saturated heterocycles. The average molecular weight is 469 g/mol. The van der Waals surface area contributed by atoms with Gasteiger partial charge in [0.2, 0.25) is 5.91 Å². The second-order valence-corrected chi connectivity index (χ2v) is 6.34. The summed E-state index contributed by atoms with van der Waals surface area (Å²) in [4.78, 5) is 15.8. The summed E-state index contributed by atoms with van der Waals surface area (Å²) in [6.45, 7) is 6.92. The number of hydrogen-bond acceptors (Lipinski definition) is 3. The lowest BCUT2D eigenvalue weighted by molar-refractivity contribution is -0.121. The summed E-state index contributed by atoms with van der Waals surface area (Å²) in [5.41, 5.74) is -0.251. The molecule has 0 aliphatic carbocycles. The van der Waals surface area contributed by atoms with Crippen LogP contribution in [0.1, 0.15) is 20.8 Å². The van der Waals surface area contributed by atoms with Gasteiger partial charge in [0, 0.05) is 12.6 Å². The topological polar surface area (TPSA) is 74.8 Å². The van der Waals surface area contributed by atoms with Crippen LogP contribution in [-0.2, 0) is 4.79 Å². The predicted octanol–water partition coefficient (Wildman–Crippen LogP) is 2.42. The largest absolute Gasteiger partial charge is 0.490 e. The molecule has 0 aliphatic rings. The fourth-order valence-corrected chi connectivity index (χ4v) is 1.93. The third kappa shape index (κ3) is 9.82. The first-order valence-corrected chi connectivity index (χ1v) is 7.82. The predicted molar refractivity (Wildman–Crippen MR) is 110 cm³/mol. The molecule has 1 rings (SSSR count). The minimum atomic E-state index is -0.251. The van der Waals surface area contributed by atoms with Crippen molar-refractivity contribution in [1.29, 1.82) is 0 Å². The minimum Gasteiger partial charge on any atom is -0.490 e. The molecule has 24 heavy (non-hydrogen) atoms. The number of guanidine groups is 1. The van der Waals surface area contributed by atoms with Gasteiger partial charge < -0.3 is 20.7 Å². The summed E-state index contributed by atoms with van der Waals surface area (Å²) in [5.74, 6) is 1.09. The zero-order chi connectivity index (χ0) is 17.3. The van der Waals surface area contributed by atoms with Crippen molar-refractivity contribution in [1.82, 2.24) is 16.0 Å². The van der Waals surface area contributed by atoms with Crippen molar-refractivity contribution in [3.63, 3.8) is 0 Å². The molecule has 1 aromatic carbocycles. The lowest BCUT2D eigenvalue weighted by Crippen LogP contribution is -2.48. The van der Waals surface area contributed by atoms with Crippen LogP contribution in [0.4, 0.5) is 0 Å². The van der Waals surface area contributed by atoms with Crippen LogP contribution in [0.3, 0.4) is 0 Å². The first-order chi connectivity index (χ1) is 10.8. The van der Waals surface area contributed by atoms with E-state index < -0.39 is 0 Å². The highest BCUT2D eigenvalue weighted by molar-refractivity contribution is 14.0. The van der Waals surface area contributed by atoms with E-state index in [2.05, 4.69) is 20.9 Å². The van der Waals surface area contributed by atoms with E-state index in [4.69, 9.17) is 16.3 Å². The number of para-hydroxylation sites is 1. The first kappa shape index (κ1) is 22.8. The van der Waals surface area contributed by atoms with E-state index in [9.17, 15) is 4.79 Å². The SMILES string of the molecule is CN=C(NCCOc1ccccc1Cl)NCC(=O)NC(C)(C)C.I. The van der Waals surface area contributed by atoms with Gasteiger partial charge in [0.05, 0.1) is 18.1 Å². The summed E-state index contributed by atoms with van der Waals surface area (Å²) >= 11 is 6.00. The fourth-order valence-electron chi connectivity index (χ4n) is 1.74. The van der Waals surface area contributed by atoms with Crippen molar-refractivity contribution < 1.29 is 9.53 Å². The molecular formula is C16H26ClIN4O2. The lowest BCUT2D eigenvalue weighted by atomic mass is 10.1. The Hall–Kier alpha value is -1.22. The van der Waals surface area contributed by atoms with Gasteiger partial charge in [-0.1, -0.05) is 23.7 Å². The maximum atomic E-state index is 11.7. The highest BCUT2D eigenvalue weighted by Gasteiger charge is 2.13. The van der Waals surface area contributed by atoms with Crippen molar-refractivity contribution >= 4 is 47.4 Å². The Balaban J connectivity index is 0.00000529. The molecule has 0 bridgehead atoms. The standard InChI is InChI=1S/C16H25ClN4O2.HI/c1-16(2,3)21-14(22)11-20-15(18-4)19-9-10-23-13-8-6-5-7-12(13)17;/h5-8H,9-11H2,1-4H3,(H,21,22)(H2,18,19,20);1H. The number of ether oxygens (including phenoxy) is 1. The monoisotopic (exact) mass is 468 g/mol. The second kappa shape index (κ2) is 11.4. The summed E-state index contributed by atoms with van der Waals surface area (Å²) in [6, 6.07) is 7.30. The van der Waals surface area contributed by atoms with E-state index in [-0.39, 0.29) is 42.0 Å². The summed E-state index contributed by atoms with van der Waals surface area (Å²) in [6.07, 6.45) is 0.